The van der Waals surface area contributed by atoms with Crippen LogP contribution < -0.4 is 20.1 Å². The van der Waals surface area contributed by atoms with Crippen LogP contribution in [0.25, 0.3) is 0 Å². The van der Waals surface area contributed by atoms with E-state index in [1.54, 1.807) is 12.1 Å². The Morgan fingerprint density at radius 3 is 2.50 bits per heavy atom. The first-order valence-corrected chi connectivity index (χ1v) is 10.6. The molecule has 180 valence electrons. The van der Waals surface area contributed by atoms with Crippen LogP contribution >= 0.6 is 24.0 Å². The number of methoxy groups -OCH3 is 1. The lowest BCUT2D eigenvalue weighted by Crippen LogP contribution is -2.38. The molecule has 0 spiro atoms. The number of ether oxygens (including phenoxy) is 2. The fourth-order valence-electron chi connectivity index (χ4n) is 3.19. The molecule has 0 amide bonds. The molecule has 0 aliphatic carbocycles. The number of benzene rings is 1. The molecule has 1 heterocycles. The van der Waals surface area contributed by atoms with E-state index in [0.29, 0.717) is 43.7 Å². The van der Waals surface area contributed by atoms with E-state index in [-0.39, 0.29) is 35.5 Å². The van der Waals surface area contributed by atoms with Crippen molar-refractivity contribution in [3.05, 3.63) is 41.3 Å². The number of nitrogens with zero attached hydrogens (tertiary/aromatic N) is 2. The molecule has 1 aromatic heterocycles. The lowest BCUT2D eigenvalue weighted by Gasteiger charge is -2.13. The lowest BCUT2D eigenvalue weighted by molar-refractivity contribution is -0.0512. The lowest BCUT2D eigenvalue weighted by atomic mass is 9.99. The molecule has 7 nitrogen and oxygen atoms in total. The second-order valence-corrected chi connectivity index (χ2v) is 6.97. The second-order valence-electron chi connectivity index (χ2n) is 6.97. The Hall–Kier alpha value is -2.11. The molecule has 0 radical (unpaired) electrons. The van der Waals surface area contributed by atoms with Crippen LogP contribution in [0.3, 0.4) is 0 Å². The summed E-state index contributed by atoms with van der Waals surface area (Å²) in [5.41, 5.74) is 1.80. The number of guanidine groups is 1. The van der Waals surface area contributed by atoms with Gasteiger partial charge in [0.25, 0.3) is 0 Å². The van der Waals surface area contributed by atoms with E-state index < -0.39 is 6.61 Å². The summed E-state index contributed by atoms with van der Waals surface area (Å²) in [6.45, 7) is 4.98. The quantitative estimate of drug-likeness (QED) is 0.211. The molecule has 0 aliphatic heterocycles. The van der Waals surface area contributed by atoms with Gasteiger partial charge in [0.1, 0.15) is 6.54 Å². The van der Waals surface area contributed by atoms with Crippen LogP contribution in [0.2, 0.25) is 0 Å². The van der Waals surface area contributed by atoms with Gasteiger partial charge in [0.05, 0.1) is 12.8 Å². The molecule has 0 saturated heterocycles. The molecule has 0 aliphatic rings. The standard InChI is InChI=1S/C22H32F2N4O3.HI/c1-5-16(6-2)18-13-17(31-28-18)14-27-22(25-7-3)26-11-10-15-8-9-19(29-4)20(12-15)30-21(23)24;/h8-9,12-13,16,21H,5-7,10-11,14H2,1-4H3,(H2,25,26,27);1H. The summed E-state index contributed by atoms with van der Waals surface area (Å²) in [5.74, 6) is 2.04. The van der Waals surface area contributed by atoms with Crippen LogP contribution in [0.5, 0.6) is 11.5 Å². The first-order chi connectivity index (χ1) is 15.0. The topological polar surface area (TPSA) is 80.9 Å². The Labute approximate surface area is 205 Å². The number of aliphatic imine (C=N–C) groups is 1. The van der Waals surface area contributed by atoms with Crippen molar-refractivity contribution in [1.82, 2.24) is 15.8 Å². The molecule has 0 saturated carbocycles. The van der Waals surface area contributed by atoms with Crippen LogP contribution in [0, 0.1) is 0 Å². The molecular weight excluding hydrogens is 533 g/mol. The minimum atomic E-state index is -2.91. The molecule has 10 heteroatoms. The Morgan fingerprint density at radius 1 is 1.12 bits per heavy atom. The van der Waals surface area contributed by atoms with Crippen LogP contribution in [0.1, 0.15) is 56.5 Å². The molecule has 0 unspecified atom stereocenters. The van der Waals surface area contributed by atoms with Gasteiger partial charge in [0.2, 0.25) is 0 Å². The number of alkyl halides is 2. The zero-order valence-electron chi connectivity index (χ0n) is 19.0. The fraction of sp³-hybridized carbons (Fsp3) is 0.545. The Balaban J connectivity index is 0.00000512. The van der Waals surface area contributed by atoms with Crippen molar-refractivity contribution in [2.24, 2.45) is 4.99 Å². The number of hydrogen-bond donors (Lipinski definition) is 2. The molecule has 0 fully saturated rings. The molecule has 32 heavy (non-hydrogen) atoms. The van der Waals surface area contributed by atoms with Gasteiger partial charge in [-0.2, -0.15) is 8.78 Å². The monoisotopic (exact) mass is 566 g/mol. The van der Waals surface area contributed by atoms with Crippen molar-refractivity contribution in [3.8, 4) is 11.5 Å². The van der Waals surface area contributed by atoms with Gasteiger partial charge >= 0.3 is 6.61 Å². The Morgan fingerprint density at radius 2 is 1.88 bits per heavy atom. The number of hydrogen-bond acceptors (Lipinski definition) is 5. The normalized spacial score (nSPS) is 11.4. The summed E-state index contributed by atoms with van der Waals surface area (Å²) in [4.78, 5) is 4.54. The third-order valence-electron chi connectivity index (χ3n) is 4.87. The van der Waals surface area contributed by atoms with Gasteiger partial charge < -0.3 is 24.6 Å². The predicted octanol–water partition coefficient (Wildman–Crippen LogP) is 5.10. The zero-order valence-corrected chi connectivity index (χ0v) is 21.3. The average Bonchev–Trinajstić information content (AvgIpc) is 3.21. The summed E-state index contributed by atoms with van der Waals surface area (Å²) in [6, 6.07) is 6.96. The number of nitrogens with one attached hydrogen (secondary N) is 2. The van der Waals surface area contributed by atoms with Gasteiger partial charge in [0.15, 0.2) is 23.2 Å². The highest BCUT2D eigenvalue weighted by Gasteiger charge is 2.13. The molecule has 2 N–H and O–H groups in total. The smallest absolute Gasteiger partial charge is 0.387 e. The van der Waals surface area contributed by atoms with E-state index in [1.807, 2.05) is 19.1 Å². The zero-order chi connectivity index (χ0) is 22.6. The van der Waals surface area contributed by atoms with Crippen molar-refractivity contribution in [2.75, 3.05) is 20.2 Å². The van der Waals surface area contributed by atoms with Crippen molar-refractivity contribution in [2.45, 2.75) is 59.1 Å². The van der Waals surface area contributed by atoms with Crippen LogP contribution in [-0.2, 0) is 13.0 Å². The van der Waals surface area contributed by atoms with Gasteiger partial charge in [-0.25, -0.2) is 4.99 Å². The van der Waals surface area contributed by atoms with E-state index in [1.165, 1.54) is 7.11 Å². The predicted molar refractivity (Wildman–Crippen MR) is 131 cm³/mol. The fourth-order valence-corrected chi connectivity index (χ4v) is 3.19. The van der Waals surface area contributed by atoms with Gasteiger partial charge in [-0.1, -0.05) is 25.1 Å². The maximum Gasteiger partial charge on any atom is 0.387 e. The second kappa shape index (κ2) is 14.9. The first-order valence-electron chi connectivity index (χ1n) is 10.6. The number of halogens is 3. The molecular formula is C22H33F2IN4O3. The van der Waals surface area contributed by atoms with E-state index in [4.69, 9.17) is 9.26 Å². The number of aromatic nitrogens is 1. The molecule has 2 rings (SSSR count). The number of rotatable bonds is 12. The Kier molecular flexibility index (Phi) is 13.0. The summed E-state index contributed by atoms with van der Waals surface area (Å²) >= 11 is 0. The maximum absolute atomic E-state index is 12.6. The molecule has 0 bridgehead atoms. The molecule has 0 atom stereocenters. The van der Waals surface area contributed by atoms with Crippen molar-refractivity contribution in [1.29, 1.82) is 0 Å². The minimum absolute atomic E-state index is 0. The highest BCUT2D eigenvalue weighted by molar-refractivity contribution is 14.0. The highest BCUT2D eigenvalue weighted by atomic mass is 127. The van der Waals surface area contributed by atoms with Gasteiger partial charge in [-0.3, -0.25) is 0 Å². The SMILES string of the molecule is CCNC(=NCc1cc(C(CC)CC)no1)NCCc1ccc(OC)c(OC(F)F)c1.I. The molecule has 2 aromatic rings. The minimum Gasteiger partial charge on any atom is -0.493 e. The van der Waals surface area contributed by atoms with Crippen LogP contribution in [0.15, 0.2) is 33.8 Å². The summed E-state index contributed by atoms with van der Waals surface area (Å²) in [6.07, 6.45) is 2.63. The van der Waals surface area contributed by atoms with Crippen LogP contribution in [0.4, 0.5) is 8.78 Å². The summed E-state index contributed by atoms with van der Waals surface area (Å²) in [7, 11) is 1.41. The molecule has 1 aromatic carbocycles. The summed E-state index contributed by atoms with van der Waals surface area (Å²) < 4.78 is 40.2. The largest absolute Gasteiger partial charge is 0.493 e. The first kappa shape index (κ1) is 27.9. The van der Waals surface area contributed by atoms with E-state index in [2.05, 4.69) is 39.4 Å². The maximum atomic E-state index is 12.6. The van der Waals surface area contributed by atoms with Gasteiger partial charge in [-0.15, -0.1) is 24.0 Å². The average molecular weight is 566 g/mol. The van der Waals surface area contributed by atoms with Crippen LogP contribution in [-0.4, -0.2) is 37.9 Å². The third kappa shape index (κ3) is 8.79. The van der Waals surface area contributed by atoms with Gasteiger partial charge in [0, 0.05) is 25.1 Å². The van der Waals surface area contributed by atoms with E-state index in [9.17, 15) is 8.78 Å². The van der Waals surface area contributed by atoms with E-state index >= 15 is 0 Å². The van der Waals surface area contributed by atoms with Crippen molar-refractivity contribution in [3.63, 3.8) is 0 Å². The highest BCUT2D eigenvalue weighted by Crippen LogP contribution is 2.29. The summed E-state index contributed by atoms with van der Waals surface area (Å²) in [5, 5.41) is 10.6. The Bertz CT molecular complexity index is 829. The third-order valence-corrected chi connectivity index (χ3v) is 4.87. The van der Waals surface area contributed by atoms with Gasteiger partial charge in [-0.05, 0) is 43.9 Å². The van der Waals surface area contributed by atoms with Crippen molar-refractivity contribution >= 4 is 29.9 Å². The van der Waals surface area contributed by atoms with Crippen molar-refractivity contribution < 1.29 is 22.8 Å². The van der Waals surface area contributed by atoms with E-state index in [0.717, 1.165) is 24.1 Å².